The smallest absolute Gasteiger partial charge is 0.289 e. The van der Waals surface area contributed by atoms with Crippen LogP contribution >= 0.6 is 0 Å². The molecule has 0 aliphatic carbocycles. The molecule has 1 aliphatic heterocycles. The average molecular weight is 315 g/mol. The van der Waals surface area contributed by atoms with Crippen molar-refractivity contribution in [1.82, 2.24) is 4.31 Å². The molecule has 9 heteroatoms. The van der Waals surface area contributed by atoms with Gasteiger partial charge in [-0.15, -0.1) is 0 Å². The first-order valence-corrected chi connectivity index (χ1v) is 7.90. The zero-order valence-electron chi connectivity index (χ0n) is 11.3. The number of nitro groups is 1. The van der Waals surface area contributed by atoms with Gasteiger partial charge in [0.25, 0.3) is 5.69 Å². The van der Waals surface area contributed by atoms with E-state index in [1.165, 1.54) is 18.2 Å². The molecule has 0 radical (unpaired) electrons. The molecule has 1 aliphatic rings. The summed E-state index contributed by atoms with van der Waals surface area (Å²) in [5, 5.41) is 21.0. The van der Waals surface area contributed by atoms with Crippen LogP contribution in [-0.2, 0) is 10.0 Å². The van der Waals surface area contributed by atoms with Crippen molar-refractivity contribution < 1.29 is 18.4 Å². The van der Waals surface area contributed by atoms with E-state index in [2.05, 4.69) is 0 Å². The van der Waals surface area contributed by atoms with Gasteiger partial charge in [-0.2, -0.15) is 4.31 Å². The SMILES string of the molecule is NCC1(O)CCN(S(=O)(=O)c2ccccc2[N+](=O)[O-])CC1. The molecule has 0 aromatic heterocycles. The molecule has 1 aromatic rings. The number of hydrogen-bond acceptors (Lipinski definition) is 6. The van der Waals surface area contributed by atoms with Gasteiger partial charge in [0.05, 0.1) is 10.5 Å². The molecular weight excluding hydrogens is 298 g/mol. The van der Waals surface area contributed by atoms with E-state index < -0.39 is 26.2 Å². The Morgan fingerprint density at radius 1 is 1.33 bits per heavy atom. The summed E-state index contributed by atoms with van der Waals surface area (Å²) < 4.78 is 26.2. The van der Waals surface area contributed by atoms with E-state index in [9.17, 15) is 23.6 Å². The Morgan fingerprint density at radius 2 is 1.90 bits per heavy atom. The highest BCUT2D eigenvalue weighted by Gasteiger charge is 2.38. The lowest BCUT2D eigenvalue weighted by Gasteiger charge is -2.36. The van der Waals surface area contributed by atoms with Crippen LogP contribution < -0.4 is 5.73 Å². The van der Waals surface area contributed by atoms with Crippen LogP contribution in [0, 0.1) is 10.1 Å². The first-order valence-electron chi connectivity index (χ1n) is 6.46. The minimum atomic E-state index is -3.96. The number of nitrogens with zero attached hydrogens (tertiary/aromatic N) is 2. The average Bonchev–Trinajstić information content (AvgIpc) is 2.47. The Kier molecular flexibility index (Phi) is 4.28. The normalized spacial score (nSPS) is 19.3. The minimum absolute atomic E-state index is 0.0619. The fourth-order valence-corrected chi connectivity index (χ4v) is 3.91. The number of nitro benzene ring substituents is 1. The molecule has 0 atom stereocenters. The van der Waals surface area contributed by atoms with Crippen LogP contribution in [0.15, 0.2) is 29.2 Å². The molecule has 1 saturated heterocycles. The second-order valence-corrected chi connectivity index (χ2v) is 6.96. The molecule has 2 rings (SSSR count). The molecule has 1 heterocycles. The van der Waals surface area contributed by atoms with E-state index in [4.69, 9.17) is 5.73 Å². The van der Waals surface area contributed by atoms with Crippen molar-refractivity contribution in [2.75, 3.05) is 19.6 Å². The molecule has 0 saturated carbocycles. The summed E-state index contributed by atoms with van der Waals surface area (Å²) in [7, 11) is -3.96. The maximum Gasteiger partial charge on any atom is 0.289 e. The van der Waals surface area contributed by atoms with Crippen LogP contribution in [0.3, 0.4) is 0 Å². The van der Waals surface area contributed by atoms with Gasteiger partial charge in [-0.25, -0.2) is 8.42 Å². The van der Waals surface area contributed by atoms with Crippen molar-refractivity contribution in [2.24, 2.45) is 5.73 Å². The Balaban J connectivity index is 2.30. The van der Waals surface area contributed by atoms with Gasteiger partial charge in [-0.05, 0) is 18.9 Å². The van der Waals surface area contributed by atoms with Crippen molar-refractivity contribution in [1.29, 1.82) is 0 Å². The third kappa shape index (κ3) is 3.05. The Bertz CT molecular complexity index is 638. The van der Waals surface area contributed by atoms with Crippen LogP contribution in [0.2, 0.25) is 0 Å². The van der Waals surface area contributed by atoms with Crippen molar-refractivity contribution in [3.8, 4) is 0 Å². The van der Waals surface area contributed by atoms with Crippen LogP contribution in [0.1, 0.15) is 12.8 Å². The fraction of sp³-hybridized carbons (Fsp3) is 0.500. The first kappa shape index (κ1) is 15.8. The summed E-state index contributed by atoms with van der Waals surface area (Å²) in [6, 6.07) is 5.24. The van der Waals surface area contributed by atoms with Gasteiger partial charge in [-0.1, -0.05) is 12.1 Å². The molecule has 0 unspecified atom stereocenters. The lowest BCUT2D eigenvalue weighted by atomic mass is 9.93. The van der Waals surface area contributed by atoms with Crippen LogP contribution in [0.25, 0.3) is 0 Å². The van der Waals surface area contributed by atoms with E-state index in [0.717, 1.165) is 10.4 Å². The molecule has 21 heavy (non-hydrogen) atoms. The van der Waals surface area contributed by atoms with Crippen molar-refractivity contribution in [3.05, 3.63) is 34.4 Å². The van der Waals surface area contributed by atoms with Crippen LogP contribution in [-0.4, -0.2) is 48.0 Å². The van der Waals surface area contributed by atoms with Crippen molar-refractivity contribution >= 4 is 15.7 Å². The Morgan fingerprint density at radius 3 is 2.43 bits per heavy atom. The van der Waals surface area contributed by atoms with E-state index in [0.29, 0.717) is 0 Å². The largest absolute Gasteiger partial charge is 0.388 e. The number of sulfonamides is 1. The standard InChI is InChI=1S/C12H17N3O5S/c13-9-12(16)5-7-14(8-6-12)21(19,20)11-4-2-1-3-10(11)15(17)18/h1-4,16H,5-9,13H2. The number of piperidine rings is 1. The van der Waals surface area contributed by atoms with Gasteiger partial charge in [0, 0.05) is 25.7 Å². The highest BCUT2D eigenvalue weighted by atomic mass is 32.2. The lowest BCUT2D eigenvalue weighted by molar-refractivity contribution is -0.387. The second kappa shape index (κ2) is 5.68. The monoisotopic (exact) mass is 315 g/mol. The maximum absolute atomic E-state index is 12.5. The lowest BCUT2D eigenvalue weighted by Crippen LogP contribution is -2.50. The van der Waals surface area contributed by atoms with Crippen molar-refractivity contribution in [3.63, 3.8) is 0 Å². The van der Waals surface area contributed by atoms with Gasteiger partial charge in [-0.3, -0.25) is 10.1 Å². The molecule has 8 nitrogen and oxygen atoms in total. The predicted octanol–water partition coefficient (Wildman–Crippen LogP) is 0.0691. The molecule has 116 valence electrons. The predicted molar refractivity (Wildman–Crippen MR) is 75.1 cm³/mol. The zero-order valence-corrected chi connectivity index (χ0v) is 12.1. The molecule has 0 amide bonds. The quantitative estimate of drug-likeness (QED) is 0.598. The summed E-state index contributed by atoms with van der Waals surface area (Å²) in [5.74, 6) is 0. The van der Waals surface area contributed by atoms with E-state index in [1.54, 1.807) is 0 Å². The maximum atomic E-state index is 12.5. The van der Waals surface area contributed by atoms with Gasteiger partial charge in [0.2, 0.25) is 10.0 Å². The minimum Gasteiger partial charge on any atom is -0.388 e. The molecule has 1 aromatic carbocycles. The summed E-state index contributed by atoms with van der Waals surface area (Å²) in [4.78, 5) is 9.93. The number of aliphatic hydroxyl groups is 1. The summed E-state index contributed by atoms with van der Waals surface area (Å²) in [6.45, 7) is 0.233. The molecule has 0 spiro atoms. The van der Waals surface area contributed by atoms with Gasteiger partial charge >= 0.3 is 0 Å². The van der Waals surface area contributed by atoms with E-state index in [-0.39, 0.29) is 37.4 Å². The fourth-order valence-electron chi connectivity index (χ4n) is 2.31. The zero-order chi connectivity index (χ0) is 15.7. The van der Waals surface area contributed by atoms with Crippen LogP contribution in [0.4, 0.5) is 5.69 Å². The molecule has 1 fully saturated rings. The number of benzene rings is 1. The molecule has 3 N–H and O–H groups in total. The van der Waals surface area contributed by atoms with Gasteiger partial charge in [0.1, 0.15) is 0 Å². The van der Waals surface area contributed by atoms with Gasteiger partial charge in [0.15, 0.2) is 4.90 Å². The summed E-state index contributed by atoms with van der Waals surface area (Å²) >= 11 is 0. The third-order valence-electron chi connectivity index (χ3n) is 3.71. The summed E-state index contributed by atoms with van der Waals surface area (Å²) in [5.41, 5.74) is 3.95. The van der Waals surface area contributed by atoms with Crippen molar-refractivity contribution in [2.45, 2.75) is 23.3 Å². The third-order valence-corrected chi connectivity index (χ3v) is 5.66. The number of para-hydroxylation sites is 1. The van der Waals surface area contributed by atoms with Crippen LogP contribution in [0.5, 0.6) is 0 Å². The highest BCUT2D eigenvalue weighted by molar-refractivity contribution is 7.89. The van der Waals surface area contributed by atoms with E-state index in [1.807, 2.05) is 0 Å². The second-order valence-electron chi connectivity index (χ2n) is 5.06. The molecule has 0 bridgehead atoms. The Labute approximate surface area is 122 Å². The van der Waals surface area contributed by atoms with Gasteiger partial charge < -0.3 is 10.8 Å². The number of nitrogens with two attached hydrogens (primary N) is 1. The molecular formula is C12H17N3O5S. The topological polar surface area (TPSA) is 127 Å². The summed E-state index contributed by atoms with van der Waals surface area (Å²) in [6.07, 6.45) is 0.423. The van der Waals surface area contributed by atoms with E-state index >= 15 is 0 Å². The first-order chi connectivity index (χ1) is 9.80. The number of hydrogen-bond donors (Lipinski definition) is 2. The highest BCUT2D eigenvalue weighted by Crippen LogP contribution is 2.30. The Hall–Kier alpha value is -1.55. The number of rotatable bonds is 4.